The highest BCUT2D eigenvalue weighted by Crippen LogP contribution is 2.48. The second-order valence-electron chi connectivity index (χ2n) is 6.25. The van der Waals surface area contributed by atoms with Gasteiger partial charge in [-0.25, -0.2) is 0 Å². The molecule has 1 heterocycles. The highest BCUT2D eigenvalue weighted by atomic mass is 79.9. The number of fused-ring (bicyclic) bond motifs is 1. The summed E-state index contributed by atoms with van der Waals surface area (Å²) in [5, 5.41) is 3.08. The summed E-state index contributed by atoms with van der Waals surface area (Å²) in [6.07, 6.45) is 1.80. The van der Waals surface area contributed by atoms with E-state index in [1.54, 1.807) is 0 Å². The summed E-state index contributed by atoms with van der Waals surface area (Å²) in [7, 11) is 0. The summed E-state index contributed by atoms with van der Waals surface area (Å²) in [5.74, 6) is 1.61. The van der Waals surface area contributed by atoms with Crippen molar-refractivity contribution in [3.05, 3.63) is 58.1 Å². The first-order valence-electron chi connectivity index (χ1n) is 8.10. The van der Waals surface area contributed by atoms with Gasteiger partial charge in [0.1, 0.15) is 13.2 Å². The Labute approximate surface area is 149 Å². The molecule has 1 amide bonds. The summed E-state index contributed by atoms with van der Waals surface area (Å²) < 4.78 is 12.1. The predicted octanol–water partition coefficient (Wildman–Crippen LogP) is 3.57. The first kappa shape index (κ1) is 15.5. The molecule has 2 aliphatic rings. The second-order valence-corrected chi connectivity index (χ2v) is 7.17. The lowest BCUT2D eigenvalue weighted by Crippen LogP contribution is -2.34. The summed E-state index contributed by atoms with van der Waals surface area (Å²) in [6.45, 7) is 1.64. The Hall–Kier alpha value is -2.01. The average molecular weight is 388 g/mol. The number of halogens is 1. The Balaban J connectivity index is 1.45. The average Bonchev–Trinajstić information content (AvgIpc) is 3.41. The molecule has 0 atom stereocenters. The molecule has 0 bridgehead atoms. The molecule has 0 aromatic heterocycles. The van der Waals surface area contributed by atoms with Gasteiger partial charge in [-0.1, -0.05) is 34.1 Å². The molecular weight excluding hydrogens is 370 g/mol. The number of carbonyl (C=O) groups excluding carboxylic acids is 1. The molecule has 4 nitrogen and oxygen atoms in total. The molecule has 0 unspecified atom stereocenters. The van der Waals surface area contributed by atoms with E-state index in [9.17, 15) is 4.79 Å². The third-order valence-corrected chi connectivity index (χ3v) is 5.11. The van der Waals surface area contributed by atoms with Crippen LogP contribution < -0.4 is 14.8 Å². The van der Waals surface area contributed by atoms with Gasteiger partial charge in [-0.3, -0.25) is 4.79 Å². The Morgan fingerprint density at radius 3 is 2.62 bits per heavy atom. The highest BCUT2D eigenvalue weighted by Gasteiger charge is 2.51. The minimum Gasteiger partial charge on any atom is -0.486 e. The molecule has 2 aromatic rings. The molecule has 1 fully saturated rings. The zero-order chi connectivity index (χ0) is 16.6. The molecule has 4 rings (SSSR count). The Bertz CT molecular complexity index is 786. The smallest absolute Gasteiger partial charge is 0.230 e. The Morgan fingerprint density at radius 2 is 1.88 bits per heavy atom. The molecule has 24 heavy (non-hydrogen) atoms. The number of benzene rings is 2. The van der Waals surface area contributed by atoms with E-state index in [1.807, 2.05) is 42.5 Å². The number of carbonyl (C=O) groups is 1. The van der Waals surface area contributed by atoms with Gasteiger partial charge < -0.3 is 14.8 Å². The van der Waals surface area contributed by atoms with Gasteiger partial charge >= 0.3 is 0 Å². The van der Waals surface area contributed by atoms with Crippen LogP contribution in [0, 0.1) is 0 Å². The molecular formula is C19H18BrNO3. The SMILES string of the molecule is O=C(NCc1ccc2c(c1)OCCO2)C1(c2cccc(Br)c2)CC1. The maximum absolute atomic E-state index is 12.7. The van der Waals surface area contributed by atoms with E-state index in [1.165, 1.54) is 0 Å². The Morgan fingerprint density at radius 1 is 1.08 bits per heavy atom. The highest BCUT2D eigenvalue weighted by molar-refractivity contribution is 9.10. The van der Waals surface area contributed by atoms with Gasteiger partial charge in [-0.05, 0) is 48.2 Å². The molecule has 1 saturated carbocycles. The van der Waals surface area contributed by atoms with Crippen LogP contribution in [0.4, 0.5) is 0 Å². The fraction of sp³-hybridized carbons (Fsp3) is 0.316. The van der Waals surface area contributed by atoms with Crippen LogP contribution >= 0.6 is 15.9 Å². The maximum atomic E-state index is 12.7. The standard InChI is InChI=1S/C19H18BrNO3/c20-15-3-1-2-14(11-15)19(6-7-19)18(22)21-12-13-4-5-16-17(10-13)24-9-8-23-16/h1-5,10-11H,6-9,12H2,(H,21,22). The largest absolute Gasteiger partial charge is 0.486 e. The number of hydrogen-bond acceptors (Lipinski definition) is 3. The quantitative estimate of drug-likeness (QED) is 0.871. The van der Waals surface area contributed by atoms with Crippen LogP contribution in [0.2, 0.25) is 0 Å². The van der Waals surface area contributed by atoms with Crippen LogP contribution in [-0.2, 0) is 16.8 Å². The molecule has 1 N–H and O–H groups in total. The fourth-order valence-corrected chi connectivity index (χ4v) is 3.51. The van der Waals surface area contributed by atoms with Crippen LogP contribution in [-0.4, -0.2) is 19.1 Å². The van der Waals surface area contributed by atoms with Gasteiger partial charge in [0, 0.05) is 11.0 Å². The third-order valence-electron chi connectivity index (χ3n) is 4.62. The second kappa shape index (κ2) is 6.13. The van der Waals surface area contributed by atoms with Crippen molar-refractivity contribution in [2.45, 2.75) is 24.8 Å². The number of amides is 1. The van der Waals surface area contributed by atoms with Crippen LogP contribution in [0.5, 0.6) is 11.5 Å². The zero-order valence-corrected chi connectivity index (χ0v) is 14.8. The minimum atomic E-state index is -0.363. The van der Waals surface area contributed by atoms with Crippen molar-refractivity contribution in [1.82, 2.24) is 5.32 Å². The van der Waals surface area contributed by atoms with Crippen LogP contribution in [0.15, 0.2) is 46.9 Å². The summed E-state index contributed by atoms with van der Waals surface area (Å²) in [4.78, 5) is 12.7. The lowest BCUT2D eigenvalue weighted by atomic mass is 9.95. The summed E-state index contributed by atoms with van der Waals surface area (Å²) in [5.41, 5.74) is 1.73. The molecule has 5 heteroatoms. The van der Waals surface area contributed by atoms with Crippen molar-refractivity contribution < 1.29 is 14.3 Å². The van der Waals surface area contributed by atoms with Gasteiger partial charge in [-0.2, -0.15) is 0 Å². The van der Waals surface area contributed by atoms with E-state index in [0.717, 1.165) is 39.9 Å². The first-order chi connectivity index (χ1) is 11.7. The van der Waals surface area contributed by atoms with Crippen molar-refractivity contribution in [3.63, 3.8) is 0 Å². The molecule has 0 radical (unpaired) electrons. The number of rotatable bonds is 4. The predicted molar refractivity (Wildman–Crippen MR) is 94.3 cm³/mol. The van der Waals surface area contributed by atoms with Crippen LogP contribution in [0.25, 0.3) is 0 Å². The van der Waals surface area contributed by atoms with E-state index in [-0.39, 0.29) is 11.3 Å². The third kappa shape index (κ3) is 2.88. The van der Waals surface area contributed by atoms with Crippen LogP contribution in [0.3, 0.4) is 0 Å². The molecule has 0 saturated heterocycles. The van der Waals surface area contributed by atoms with Crippen molar-refractivity contribution in [2.24, 2.45) is 0 Å². The topological polar surface area (TPSA) is 47.6 Å². The zero-order valence-electron chi connectivity index (χ0n) is 13.2. The van der Waals surface area contributed by atoms with Crippen molar-refractivity contribution in [1.29, 1.82) is 0 Å². The lowest BCUT2D eigenvalue weighted by molar-refractivity contribution is -0.123. The van der Waals surface area contributed by atoms with E-state index in [2.05, 4.69) is 21.2 Å². The van der Waals surface area contributed by atoms with E-state index in [4.69, 9.17) is 9.47 Å². The normalized spacial score (nSPS) is 17.2. The van der Waals surface area contributed by atoms with Gasteiger partial charge in [0.2, 0.25) is 5.91 Å². The summed E-state index contributed by atoms with van der Waals surface area (Å²) >= 11 is 3.48. The van der Waals surface area contributed by atoms with Crippen molar-refractivity contribution in [2.75, 3.05) is 13.2 Å². The minimum absolute atomic E-state index is 0.0930. The van der Waals surface area contributed by atoms with E-state index < -0.39 is 0 Å². The lowest BCUT2D eigenvalue weighted by Gasteiger charge is -2.20. The summed E-state index contributed by atoms with van der Waals surface area (Å²) in [6, 6.07) is 13.8. The maximum Gasteiger partial charge on any atom is 0.230 e. The monoisotopic (exact) mass is 387 g/mol. The molecule has 0 spiro atoms. The fourth-order valence-electron chi connectivity index (χ4n) is 3.11. The van der Waals surface area contributed by atoms with Crippen molar-refractivity contribution in [3.8, 4) is 11.5 Å². The van der Waals surface area contributed by atoms with Crippen molar-refractivity contribution >= 4 is 21.8 Å². The number of ether oxygens (including phenoxy) is 2. The van der Waals surface area contributed by atoms with Gasteiger partial charge in [0.15, 0.2) is 11.5 Å². The van der Waals surface area contributed by atoms with Gasteiger partial charge in [-0.15, -0.1) is 0 Å². The first-order valence-corrected chi connectivity index (χ1v) is 8.90. The van der Waals surface area contributed by atoms with Crippen LogP contribution in [0.1, 0.15) is 24.0 Å². The number of hydrogen-bond donors (Lipinski definition) is 1. The molecule has 1 aliphatic carbocycles. The number of nitrogens with one attached hydrogen (secondary N) is 1. The van der Waals surface area contributed by atoms with E-state index in [0.29, 0.717) is 19.8 Å². The molecule has 124 valence electrons. The molecule has 1 aliphatic heterocycles. The Kier molecular flexibility index (Phi) is 3.96. The van der Waals surface area contributed by atoms with Gasteiger partial charge in [0.05, 0.1) is 5.41 Å². The van der Waals surface area contributed by atoms with Gasteiger partial charge in [0.25, 0.3) is 0 Å². The molecule has 2 aromatic carbocycles. The van der Waals surface area contributed by atoms with E-state index >= 15 is 0 Å².